The third-order valence-corrected chi connectivity index (χ3v) is 9.82. The van der Waals surface area contributed by atoms with E-state index in [9.17, 15) is 4.79 Å². The van der Waals surface area contributed by atoms with Crippen molar-refractivity contribution in [3.8, 4) is 34.4 Å². The molecule has 2 N–H and O–H groups in total. The SMILES string of the molecule is C[C@H](Cc1ccc(-c2ccc(C#N)cc2)cc1)NC(=O)[C@@H]1Cc2cc3c(cc2CN1)OC(c1ccc(OCc2ccc(Cl)c(Cl)c2)cc1)CO3. The normalized spacial score (nSPS) is 16.8. The van der Waals surface area contributed by atoms with Gasteiger partial charge in [-0.15, -0.1) is 0 Å². The predicted octanol–water partition coefficient (Wildman–Crippen LogP) is 8.39. The van der Waals surface area contributed by atoms with Crippen molar-refractivity contribution in [2.24, 2.45) is 0 Å². The maximum atomic E-state index is 13.3. The fourth-order valence-electron chi connectivity index (χ4n) is 6.32. The van der Waals surface area contributed by atoms with Crippen LogP contribution in [0, 0.1) is 11.3 Å². The highest BCUT2D eigenvalue weighted by molar-refractivity contribution is 6.42. The van der Waals surface area contributed by atoms with E-state index in [4.69, 9.17) is 42.7 Å². The van der Waals surface area contributed by atoms with Gasteiger partial charge in [-0.05, 0) is 107 Å². The van der Waals surface area contributed by atoms with Crippen molar-refractivity contribution in [2.75, 3.05) is 6.61 Å². The van der Waals surface area contributed by atoms with Gasteiger partial charge in [0.15, 0.2) is 17.6 Å². The zero-order valence-corrected chi connectivity index (χ0v) is 28.9. The lowest BCUT2D eigenvalue weighted by Gasteiger charge is -2.31. The molecule has 2 aliphatic rings. The van der Waals surface area contributed by atoms with Crippen molar-refractivity contribution in [1.82, 2.24) is 10.6 Å². The minimum Gasteiger partial charge on any atom is -0.489 e. The summed E-state index contributed by atoms with van der Waals surface area (Å²) in [5.74, 6) is 2.11. The van der Waals surface area contributed by atoms with E-state index in [-0.39, 0.29) is 24.1 Å². The Kier molecular flexibility index (Phi) is 9.95. The first-order chi connectivity index (χ1) is 24.3. The Morgan fingerprint density at radius 3 is 2.32 bits per heavy atom. The maximum Gasteiger partial charge on any atom is 0.237 e. The molecule has 2 aliphatic heterocycles. The summed E-state index contributed by atoms with van der Waals surface area (Å²) in [6, 6.07) is 35.0. The van der Waals surface area contributed by atoms with Gasteiger partial charge < -0.3 is 24.8 Å². The van der Waals surface area contributed by atoms with Crippen molar-refractivity contribution in [1.29, 1.82) is 5.26 Å². The van der Waals surface area contributed by atoms with Crippen molar-refractivity contribution in [2.45, 2.75) is 51.1 Å². The number of halogens is 2. The number of carbonyl (C=O) groups excluding carboxylic acids is 1. The number of benzene rings is 5. The molecule has 5 aromatic carbocycles. The van der Waals surface area contributed by atoms with Gasteiger partial charge >= 0.3 is 0 Å². The predicted molar refractivity (Wildman–Crippen MR) is 195 cm³/mol. The van der Waals surface area contributed by atoms with Gasteiger partial charge in [0.2, 0.25) is 5.91 Å². The van der Waals surface area contributed by atoms with E-state index in [0.717, 1.165) is 51.1 Å². The van der Waals surface area contributed by atoms with Crippen LogP contribution in [-0.4, -0.2) is 24.6 Å². The number of ether oxygens (including phenoxy) is 3. The van der Waals surface area contributed by atoms with Gasteiger partial charge in [-0.3, -0.25) is 4.79 Å². The molecule has 0 spiro atoms. The summed E-state index contributed by atoms with van der Waals surface area (Å²) in [4.78, 5) is 13.3. The van der Waals surface area contributed by atoms with Crippen LogP contribution in [0.5, 0.6) is 17.2 Å². The molecule has 0 saturated heterocycles. The molecule has 5 aromatic rings. The lowest BCUT2D eigenvalue weighted by atomic mass is 9.94. The fraction of sp³-hybridized carbons (Fsp3) is 0.220. The average Bonchev–Trinajstić information content (AvgIpc) is 3.14. The number of hydrogen-bond acceptors (Lipinski definition) is 6. The van der Waals surface area contributed by atoms with E-state index in [2.05, 4.69) is 41.0 Å². The van der Waals surface area contributed by atoms with Crippen LogP contribution >= 0.6 is 23.2 Å². The molecule has 2 heterocycles. The van der Waals surface area contributed by atoms with Gasteiger partial charge in [-0.1, -0.05) is 77.8 Å². The smallest absolute Gasteiger partial charge is 0.237 e. The van der Waals surface area contributed by atoms with Crippen LogP contribution in [0.4, 0.5) is 0 Å². The standard InChI is InChI=1S/C41H35Cl2N3O4/c1-25(16-26-2-7-29(8-3-26)30-9-4-27(21-44)5-10-30)46-41(47)37-18-32-19-38-39(20-33(32)22-45-37)50-40(24-49-38)31-11-13-34(14-12-31)48-23-28-6-15-35(42)36(43)17-28/h2-15,17,19-20,25,37,40,45H,16,18,22-24H2,1H3,(H,46,47)/t25-,37+,40?/m1/s1. The Labute approximate surface area is 301 Å². The minimum absolute atomic E-state index is 0.0169. The number of hydrogen-bond donors (Lipinski definition) is 2. The van der Waals surface area contributed by atoms with E-state index < -0.39 is 0 Å². The lowest BCUT2D eigenvalue weighted by molar-refractivity contribution is -0.123. The zero-order valence-electron chi connectivity index (χ0n) is 27.4. The quantitative estimate of drug-likeness (QED) is 0.160. The first-order valence-corrected chi connectivity index (χ1v) is 17.3. The Bertz CT molecular complexity index is 2040. The Balaban J connectivity index is 0.911. The summed E-state index contributed by atoms with van der Waals surface area (Å²) in [5, 5.41) is 16.7. The fourth-order valence-corrected chi connectivity index (χ4v) is 6.65. The Morgan fingerprint density at radius 2 is 1.60 bits per heavy atom. The molecule has 0 bridgehead atoms. The van der Waals surface area contributed by atoms with E-state index in [1.165, 1.54) is 0 Å². The largest absolute Gasteiger partial charge is 0.489 e. The molecule has 50 heavy (non-hydrogen) atoms. The molecule has 1 amide bonds. The van der Waals surface area contributed by atoms with Crippen molar-refractivity contribution < 1.29 is 19.0 Å². The molecule has 7 rings (SSSR count). The third kappa shape index (κ3) is 7.74. The van der Waals surface area contributed by atoms with Crippen LogP contribution in [-0.2, 0) is 30.8 Å². The highest BCUT2D eigenvalue weighted by Gasteiger charge is 2.29. The van der Waals surface area contributed by atoms with E-state index in [1.807, 2.05) is 73.7 Å². The summed E-state index contributed by atoms with van der Waals surface area (Å²) in [7, 11) is 0. The molecule has 0 fully saturated rings. The van der Waals surface area contributed by atoms with Crippen LogP contribution in [0.1, 0.15) is 46.4 Å². The van der Waals surface area contributed by atoms with Crippen LogP contribution in [0.25, 0.3) is 11.1 Å². The third-order valence-electron chi connectivity index (χ3n) is 9.08. The van der Waals surface area contributed by atoms with Crippen LogP contribution in [0.2, 0.25) is 10.0 Å². The summed E-state index contributed by atoms with van der Waals surface area (Å²) >= 11 is 12.1. The number of fused-ring (bicyclic) bond motifs is 2. The summed E-state index contributed by atoms with van der Waals surface area (Å²) in [5.41, 5.74) is 8.04. The molecule has 1 unspecified atom stereocenters. The monoisotopic (exact) mass is 703 g/mol. The first-order valence-electron chi connectivity index (χ1n) is 16.6. The zero-order chi connectivity index (χ0) is 34.6. The summed E-state index contributed by atoms with van der Waals surface area (Å²) in [6.45, 7) is 3.35. The second kappa shape index (κ2) is 14.9. The molecular weight excluding hydrogens is 669 g/mol. The van der Waals surface area contributed by atoms with Crippen LogP contribution in [0.3, 0.4) is 0 Å². The van der Waals surface area contributed by atoms with Gasteiger partial charge in [-0.25, -0.2) is 0 Å². The van der Waals surface area contributed by atoms with Gasteiger partial charge in [0, 0.05) is 12.6 Å². The van der Waals surface area contributed by atoms with Crippen molar-refractivity contribution in [3.05, 3.63) is 147 Å². The first kappa shape index (κ1) is 33.5. The van der Waals surface area contributed by atoms with Crippen molar-refractivity contribution >= 4 is 29.1 Å². The van der Waals surface area contributed by atoms with Gasteiger partial charge in [-0.2, -0.15) is 5.26 Å². The number of rotatable bonds is 9. The summed E-state index contributed by atoms with van der Waals surface area (Å²) in [6.07, 6.45) is 1.03. The van der Waals surface area contributed by atoms with Gasteiger partial charge in [0.25, 0.3) is 0 Å². The summed E-state index contributed by atoms with van der Waals surface area (Å²) < 4.78 is 18.5. The van der Waals surface area contributed by atoms with Gasteiger partial charge in [0.05, 0.1) is 27.7 Å². The average molecular weight is 705 g/mol. The van der Waals surface area contributed by atoms with Gasteiger partial charge in [0.1, 0.15) is 19.0 Å². The topological polar surface area (TPSA) is 92.6 Å². The number of nitrogens with one attached hydrogen (secondary N) is 2. The second-order valence-corrected chi connectivity index (χ2v) is 13.5. The van der Waals surface area contributed by atoms with Crippen LogP contribution in [0.15, 0.2) is 103 Å². The maximum absolute atomic E-state index is 13.3. The lowest BCUT2D eigenvalue weighted by Crippen LogP contribution is -2.50. The minimum atomic E-state index is -0.337. The number of amides is 1. The second-order valence-electron chi connectivity index (χ2n) is 12.7. The molecule has 0 saturated carbocycles. The van der Waals surface area contributed by atoms with Crippen molar-refractivity contribution in [3.63, 3.8) is 0 Å². The molecular formula is C41H35Cl2N3O4. The molecule has 0 aromatic heterocycles. The molecule has 9 heteroatoms. The van der Waals surface area contributed by atoms with Crippen LogP contribution < -0.4 is 24.8 Å². The number of carbonyl (C=O) groups is 1. The highest BCUT2D eigenvalue weighted by atomic mass is 35.5. The molecule has 252 valence electrons. The Hall–Kier alpha value is -5.00. The molecule has 3 atom stereocenters. The number of nitriles is 1. The van der Waals surface area contributed by atoms with E-state index in [1.54, 1.807) is 12.1 Å². The highest BCUT2D eigenvalue weighted by Crippen LogP contribution is 2.40. The molecule has 0 aliphatic carbocycles. The molecule has 0 radical (unpaired) electrons. The number of nitrogens with zero attached hydrogens (tertiary/aromatic N) is 1. The van der Waals surface area contributed by atoms with E-state index in [0.29, 0.717) is 53.3 Å². The Morgan fingerprint density at radius 1 is 0.900 bits per heavy atom. The van der Waals surface area contributed by atoms with E-state index >= 15 is 0 Å². The molecule has 7 nitrogen and oxygen atoms in total.